The number of aromatic nitrogens is 1. The van der Waals surface area contributed by atoms with Gasteiger partial charge in [-0.15, -0.1) is 0 Å². The van der Waals surface area contributed by atoms with Gasteiger partial charge in [-0.25, -0.2) is 0 Å². The number of esters is 1. The molecule has 0 saturated heterocycles. The molecule has 0 aliphatic heterocycles. The molecule has 0 aliphatic rings. The zero-order chi connectivity index (χ0) is 18.3. The summed E-state index contributed by atoms with van der Waals surface area (Å²) in [5.41, 5.74) is 1.59. The number of carbonyl (C=O) groups is 1. The number of benzene rings is 1. The molecule has 2 aromatic rings. The number of hydrogen-bond acceptors (Lipinski definition) is 3. The van der Waals surface area contributed by atoms with Gasteiger partial charge in [0.05, 0.1) is 12.1 Å². The van der Waals surface area contributed by atoms with Gasteiger partial charge in [-0.1, -0.05) is 19.9 Å². The number of rotatable bonds is 5. The highest BCUT2D eigenvalue weighted by Crippen LogP contribution is 2.29. The largest absolute Gasteiger partial charge is 0.465 e. The predicted molar refractivity (Wildman–Crippen MR) is 89.2 cm³/mol. The molecule has 134 valence electrons. The first-order valence-electron chi connectivity index (χ1n) is 7.87. The van der Waals surface area contributed by atoms with Crippen molar-refractivity contribution in [1.29, 1.82) is 0 Å². The Labute approximate surface area is 139 Å². The minimum absolute atomic E-state index is 0.0313. The number of nitrogens with zero attached hydrogens (tertiary/aromatic N) is 1. The van der Waals surface area contributed by atoms with Crippen molar-refractivity contribution in [2.45, 2.75) is 40.4 Å². The standard InChI is InChI=1S/C15H17F3N2O2.C2H6/c1-3-22-14(21)8-19-12-5-4-6-13-11(12)7-10(2)20(13)9-15(16,17)18;1-2/h4-7,19H,3,8-9H2,1-2H3;1-2H3. The van der Waals surface area contributed by atoms with E-state index in [1.54, 1.807) is 38.1 Å². The minimum atomic E-state index is -4.29. The first-order chi connectivity index (χ1) is 11.3. The van der Waals surface area contributed by atoms with E-state index in [0.717, 1.165) is 0 Å². The van der Waals surface area contributed by atoms with Crippen molar-refractivity contribution in [3.05, 3.63) is 30.0 Å². The Balaban J connectivity index is 0.00000139. The third kappa shape index (κ3) is 5.18. The molecule has 2 rings (SSSR count). The summed E-state index contributed by atoms with van der Waals surface area (Å²) in [6.07, 6.45) is -4.29. The van der Waals surface area contributed by atoms with Gasteiger partial charge in [-0.3, -0.25) is 4.79 Å². The molecule has 0 saturated carbocycles. The third-order valence-corrected chi connectivity index (χ3v) is 3.22. The Morgan fingerprint density at radius 1 is 1.29 bits per heavy atom. The van der Waals surface area contributed by atoms with Crippen LogP contribution in [0.5, 0.6) is 0 Å². The molecule has 0 unspecified atom stereocenters. The number of aryl methyl sites for hydroxylation is 1. The van der Waals surface area contributed by atoms with Gasteiger partial charge in [0, 0.05) is 16.8 Å². The number of halogens is 3. The molecular weight excluding hydrogens is 321 g/mol. The van der Waals surface area contributed by atoms with E-state index in [1.165, 1.54) is 4.57 Å². The quantitative estimate of drug-likeness (QED) is 0.812. The molecule has 0 amide bonds. The van der Waals surface area contributed by atoms with Crippen LogP contribution >= 0.6 is 0 Å². The topological polar surface area (TPSA) is 43.3 Å². The van der Waals surface area contributed by atoms with Crippen LogP contribution in [0.2, 0.25) is 0 Å². The average molecular weight is 344 g/mol. The number of carbonyl (C=O) groups excluding carboxylic acids is 1. The van der Waals surface area contributed by atoms with E-state index in [0.29, 0.717) is 22.3 Å². The molecule has 0 aliphatic carbocycles. The maximum Gasteiger partial charge on any atom is 0.406 e. The highest BCUT2D eigenvalue weighted by Gasteiger charge is 2.29. The van der Waals surface area contributed by atoms with E-state index in [-0.39, 0.29) is 13.2 Å². The minimum Gasteiger partial charge on any atom is -0.465 e. The lowest BCUT2D eigenvalue weighted by Crippen LogP contribution is -2.18. The van der Waals surface area contributed by atoms with Gasteiger partial charge >= 0.3 is 12.1 Å². The maximum atomic E-state index is 12.7. The van der Waals surface area contributed by atoms with Gasteiger partial charge in [0.1, 0.15) is 13.1 Å². The number of ether oxygens (including phenoxy) is 1. The average Bonchev–Trinajstić information content (AvgIpc) is 2.83. The van der Waals surface area contributed by atoms with E-state index in [1.807, 2.05) is 13.8 Å². The molecule has 7 heteroatoms. The van der Waals surface area contributed by atoms with Crippen LogP contribution in [0, 0.1) is 6.92 Å². The van der Waals surface area contributed by atoms with Crippen molar-refractivity contribution in [1.82, 2.24) is 4.57 Å². The second kappa shape index (κ2) is 8.61. The lowest BCUT2D eigenvalue weighted by Gasteiger charge is -2.12. The van der Waals surface area contributed by atoms with Crippen molar-refractivity contribution >= 4 is 22.6 Å². The predicted octanol–water partition coefficient (Wildman–Crippen LogP) is 4.51. The van der Waals surface area contributed by atoms with Gasteiger partial charge in [-0.2, -0.15) is 13.2 Å². The first-order valence-corrected chi connectivity index (χ1v) is 7.87. The number of anilines is 1. The Hall–Kier alpha value is -2.18. The molecule has 0 spiro atoms. The Morgan fingerprint density at radius 3 is 2.54 bits per heavy atom. The zero-order valence-corrected chi connectivity index (χ0v) is 14.3. The van der Waals surface area contributed by atoms with E-state index < -0.39 is 18.7 Å². The van der Waals surface area contributed by atoms with Crippen molar-refractivity contribution < 1.29 is 22.7 Å². The van der Waals surface area contributed by atoms with Crippen molar-refractivity contribution in [2.24, 2.45) is 0 Å². The van der Waals surface area contributed by atoms with Crippen LogP contribution in [0.1, 0.15) is 26.5 Å². The summed E-state index contributed by atoms with van der Waals surface area (Å²) in [5.74, 6) is -0.411. The third-order valence-electron chi connectivity index (χ3n) is 3.22. The molecule has 0 fully saturated rings. The zero-order valence-electron chi connectivity index (χ0n) is 14.3. The second-order valence-corrected chi connectivity index (χ2v) is 4.88. The molecule has 0 atom stereocenters. The van der Waals surface area contributed by atoms with Gasteiger partial charge in [0.2, 0.25) is 0 Å². The highest BCUT2D eigenvalue weighted by molar-refractivity contribution is 5.94. The normalized spacial score (nSPS) is 11.0. The number of hydrogen-bond donors (Lipinski definition) is 1. The summed E-state index contributed by atoms with van der Waals surface area (Å²) in [6, 6.07) is 6.68. The smallest absolute Gasteiger partial charge is 0.406 e. The maximum absolute atomic E-state index is 12.7. The van der Waals surface area contributed by atoms with Crippen LogP contribution in [-0.2, 0) is 16.1 Å². The van der Waals surface area contributed by atoms with E-state index in [4.69, 9.17) is 4.74 Å². The molecule has 1 heterocycles. The van der Waals surface area contributed by atoms with E-state index in [9.17, 15) is 18.0 Å². The van der Waals surface area contributed by atoms with Gasteiger partial charge < -0.3 is 14.6 Å². The van der Waals surface area contributed by atoms with Crippen LogP contribution < -0.4 is 5.32 Å². The van der Waals surface area contributed by atoms with Crippen molar-refractivity contribution in [3.8, 4) is 0 Å². The second-order valence-electron chi connectivity index (χ2n) is 4.88. The van der Waals surface area contributed by atoms with Crippen molar-refractivity contribution in [2.75, 3.05) is 18.5 Å². The molecule has 24 heavy (non-hydrogen) atoms. The van der Waals surface area contributed by atoms with Crippen LogP contribution in [0.3, 0.4) is 0 Å². The molecule has 1 aromatic carbocycles. The summed E-state index contributed by atoms with van der Waals surface area (Å²) in [4.78, 5) is 11.4. The fourth-order valence-electron chi connectivity index (χ4n) is 2.34. The van der Waals surface area contributed by atoms with Crippen LogP contribution in [0.15, 0.2) is 24.3 Å². The van der Waals surface area contributed by atoms with Gasteiger partial charge in [-0.05, 0) is 32.0 Å². The van der Waals surface area contributed by atoms with E-state index in [2.05, 4.69) is 5.32 Å². The van der Waals surface area contributed by atoms with E-state index >= 15 is 0 Å². The monoisotopic (exact) mass is 344 g/mol. The van der Waals surface area contributed by atoms with Gasteiger partial charge in [0.15, 0.2) is 0 Å². The summed E-state index contributed by atoms with van der Waals surface area (Å²) >= 11 is 0. The molecule has 1 aromatic heterocycles. The lowest BCUT2D eigenvalue weighted by molar-refractivity contribution is -0.141. The van der Waals surface area contributed by atoms with Crippen LogP contribution in [-0.4, -0.2) is 29.9 Å². The Bertz CT molecular complexity index is 678. The lowest BCUT2D eigenvalue weighted by atomic mass is 10.2. The molecule has 0 bridgehead atoms. The number of nitrogens with one attached hydrogen (secondary N) is 1. The van der Waals surface area contributed by atoms with Gasteiger partial charge in [0.25, 0.3) is 0 Å². The molecule has 0 radical (unpaired) electrons. The highest BCUT2D eigenvalue weighted by atomic mass is 19.4. The Morgan fingerprint density at radius 2 is 1.96 bits per heavy atom. The molecular formula is C17H23F3N2O2. The number of fused-ring (bicyclic) bond motifs is 1. The molecule has 4 nitrogen and oxygen atoms in total. The molecule has 1 N–H and O–H groups in total. The van der Waals surface area contributed by atoms with Crippen LogP contribution in [0.4, 0.5) is 18.9 Å². The summed E-state index contributed by atoms with van der Waals surface area (Å²) in [6.45, 7) is 6.55. The summed E-state index contributed by atoms with van der Waals surface area (Å²) in [7, 11) is 0. The first kappa shape index (κ1) is 19.9. The van der Waals surface area contributed by atoms with Crippen molar-refractivity contribution in [3.63, 3.8) is 0 Å². The SMILES string of the molecule is CC.CCOC(=O)CNc1cccc2c1cc(C)n2CC(F)(F)F. The number of alkyl halides is 3. The van der Waals surface area contributed by atoms with Crippen LogP contribution in [0.25, 0.3) is 10.9 Å². The summed E-state index contributed by atoms with van der Waals surface area (Å²) in [5, 5.41) is 3.55. The fraction of sp³-hybridized carbons (Fsp3) is 0.471. The fourth-order valence-corrected chi connectivity index (χ4v) is 2.34. The Kier molecular flexibility index (Phi) is 7.13. The summed E-state index contributed by atoms with van der Waals surface area (Å²) < 4.78 is 44.0.